The molecule has 3 rings (SSSR count). The minimum Gasteiger partial charge on any atom is -0.394 e. The number of carbonyl (C=O) groups excluding carboxylic acids is 1. The zero-order chi connectivity index (χ0) is 12.6. The molecule has 0 aromatic carbocycles. The van der Waals surface area contributed by atoms with Gasteiger partial charge in [-0.2, -0.15) is 0 Å². The highest BCUT2D eigenvalue weighted by Gasteiger charge is 2.45. The molecule has 3 aliphatic carbocycles. The normalized spacial score (nSPS) is 37.7. The molecule has 1 amide bonds. The van der Waals surface area contributed by atoms with Gasteiger partial charge in [-0.25, -0.2) is 0 Å². The summed E-state index contributed by atoms with van der Waals surface area (Å²) in [7, 11) is 0. The van der Waals surface area contributed by atoms with Gasteiger partial charge < -0.3 is 10.4 Å². The van der Waals surface area contributed by atoms with E-state index in [1.165, 1.54) is 25.7 Å². The second-order valence-corrected chi connectivity index (χ2v) is 6.77. The van der Waals surface area contributed by atoms with Gasteiger partial charge >= 0.3 is 0 Å². The number of amides is 1. The second-order valence-electron chi connectivity index (χ2n) is 6.77. The van der Waals surface area contributed by atoms with Crippen molar-refractivity contribution in [2.24, 2.45) is 17.8 Å². The van der Waals surface area contributed by atoms with E-state index < -0.39 is 0 Å². The van der Waals surface area contributed by atoms with Crippen LogP contribution in [0.25, 0.3) is 0 Å². The molecule has 0 heterocycles. The monoisotopic (exact) mass is 251 g/mol. The predicted molar refractivity (Wildman–Crippen MR) is 70.0 cm³/mol. The lowest BCUT2D eigenvalue weighted by Gasteiger charge is -2.38. The van der Waals surface area contributed by atoms with Crippen LogP contribution in [0.5, 0.6) is 0 Å². The van der Waals surface area contributed by atoms with Gasteiger partial charge in [-0.15, -0.1) is 0 Å². The largest absolute Gasteiger partial charge is 0.394 e. The highest BCUT2D eigenvalue weighted by Crippen LogP contribution is 2.48. The highest BCUT2D eigenvalue weighted by molar-refractivity contribution is 5.80. The number of carbonyl (C=O) groups is 1. The quantitative estimate of drug-likeness (QED) is 0.808. The van der Waals surface area contributed by atoms with Crippen LogP contribution in [-0.4, -0.2) is 23.2 Å². The Hall–Kier alpha value is -0.570. The van der Waals surface area contributed by atoms with Gasteiger partial charge in [0.05, 0.1) is 12.1 Å². The summed E-state index contributed by atoms with van der Waals surface area (Å²) in [5, 5.41) is 12.9. The molecule has 3 saturated carbocycles. The summed E-state index contributed by atoms with van der Waals surface area (Å²) >= 11 is 0. The van der Waals surface area contributed by atoms with Crippen LogP contribution in [0.15, 0.2) is 0 Å². The predicted octanol–water partition coefficient (Wildman–Crippen LogP) is 2.23. The van der Waals surface area contributed by atoms with Crippen molar-refractivity contribution in [2.75, 3.05) is 6.61 Å². The molecule has 0 aromatic rings. The van der Waals surface area contributed by atoms with Gasteiger partial charge in [0.2, 0.25) is 5.91 Å². The average Bonchev–Trinajstić information content (AvgIpc) is 3.02. The molecule has 3 aliphatic rings. The zero-order valence-corrected chi connectivity index (χ0v) is 11.2. The molecule has 3 fully saturated rings. The first-order valence-electron chi connectivity index (χ1n) is 7.65. The summed E-state index contributed by atoms with van der Waals surface area (Å²) in [5.41, 5.74) is -0.294. The molecule has 2 N–H and O–H groups in total. The van der Waals surface area contributed by atoms with Gasteiger partial charge in [-0.3, -0.25) is 4.79 Å². The minimum atomic E-state index is -0.294. The number of hydrogen-bond donors (Lipinski definition) is 2. The molecule has 0 aliphatic heterocycles. The first-order chi connectivity index (χ1) is 8.72. The summed E-state index contributed by atoms with van der Waals surface area (Å²) < 4.78 is 0. The fourth-order valence-electron chi connectivity index (χ4n) is 4.47. The van der Waals surface area contributed by atoms with Gasteiger partial charge in [0.25, 0.3) is 0 Å². The van der Waals surface area contributed by atoms with Crippen molar-refractivity contribution in [3.05, 3.63) is 0 Å². The second kappa shape index (κ2) is 4.84. The standard InChI is InChI=1S/C15H25NO2/c17-10-15(6-2-1-3-7-15)16-14(18)13-9-11-4-5-12(13)8-11/h11-13,17H,1-10H2,(H,16,18). The molecule has 3 atom stereocenters. The molecule has 0 aromatic heterocycles. The van der Waals surface area contributed by atoms with Crippen molar-refractivity contribution in [3.63, 3.8) is 0 Å². The Bertz CT molecular complexity index is 322. The lowest BCUT2D eigenvalue weighted by Crippen LogP contribution is -2.54. The van der Waals surface area contributed by atoms with Gasteiger partial charge in [-0.05, 0) is 43.9 Å². The SMILES string of the molecule is O=C(NC1(CO)CCCCC1)C1CC2CCC1C2. The number of rotatable bonds is 3. The third-order valence-electron chi connectivity index (χ3n) is 5.58. The van der Waals surface area contributed by atoms with Crippen molar-refractivity contribution < 1.29 is 9.90 Å². The van der Waals surface area contributed by atoms with Crippen LogP contribution < -0.4 is 5.32 Å². The maximum atomic E-state index is 12.4. The first kappa shape index (κ1) is 12.5. The van der Waals surface area contributed by atoms with Gasteiger partial charge in [-0.1, -0.05) is 25.7 Å². The maximum absolute atomic E-state index is 12.4. The molecule has 0 saturated heterocycles. The van der Waals surface area contributed by atoms with E-state index in [4.69, 9.17) is 0 Å². The lowest BCUT2D eigenvalue weighted by molar-refractivity contribution is -0.129. The fraction of sp³-hybridized carbons (Fsp3) is 0.933. The van der Waals surface area contributed by atoms with E-state index in [1.807, 2.05) is 0 Å². The topological polar surface area (TPSA) is 49.3 Å². The average molecular weight is 251 g/mol. The smallest absolute Gasteiger partial charge is 0.223 e. The molecular weight excluding hydrogens is 226 g/mol. The van der Waals surface area contributed by atoms with Crippen molar-refractivity contribution in [1.82, 2.24) is 5.32 Å². The highest BCUT2D eigenvalue weighted by atomic mass is 16.3. The Labute approximate surface area is 109 Å². The molecule has 3 nitrogen and oxygen atoms in total. The van der Waals surface area contributed by atoms with Gasteiger partial charge in [0.15, 0.2) is 0 Å². The van der Waals surface area contributed by atoms with E-state index in [0.29, 0.717) is 5.92 Å². The molecule has 2 bridgehead atoms. The Balaban J connectivity index is 1.62. The van der Waals surface area contributed by atoms with E-state index in [-0.39, 0.29) is 24.0 Å². The molecular formula is C15H25NO2. The van der Waals surface area contributed by atoms with Gasteiger partial charge in [0, 0.05) is 5.92 Å². The van der Waals surface area contributed by atoms with E-state index in [0.717, 1.165) is 38.0 Å². The molecule has 102 valence electrons. The van der Waals surface area contributed by atoms with E-state index >= 15 is 0 Å². The minimum absolute atomic E-state index is 0.111. The third kappa shape index (κ3) is 2.18. The molecule has 0 spiro atoms. The first-order valence-corrected chi connectivity index (χ1v) is 7.65. The van der Waals surface area contributed by atoms with Crippen molar-refractivity contribution in [1.29, 1.82) is 0 Å². The summed E-state index contributed by atoms with van der Waals surface area (Å²) in [5.74, 6) is 1.92. The Morgan fingerprint density at radius 1 is 1.17 bits per heavy atom. The van der Waals surface area contributed by atoms with Crippen LogP contribution in [0.4, 0.5) is 0 Å². The molecule has 3 heteroatoms. The number of nitrogens with one attached hydrogen (secondary N) is 1. The third-order valence-corrected chi connectivity index (χ3v) is 5.58. The van der Waals surface area contributed by atoms with Crippen LogP contribution in [0.2, 0.25) is 0 Å². The summed E-state index contributed by atoms with van der Waals surface area (Å²) in [6, 6.07) is 0. The van der Waals surface area contributed by atoms with Crippen LogP contribution in [0.3, 0.4) is 0 Å². The van der Waals surface area contributed by atoms with Crippen LogP contribution >= 0.6 is 0 Å². The summed E-state index contributed by atoms with van der Waals surface area (Å²) in [6.45, 7) is 0.111. The van der Waals surface area contributed by atoms with Crippen molar-refractivity contribution in [3.8, 4) is 0 Å². The summed E-state index contributed by atoms with van der Waals surface area (Å²) in [6.07, 6.45) is 10.4. The molecule has 3 unspecified atom stereocenters. The van der Waals surface area contributed by atoms with E-state index in [9.17, 15) is 9.90 Å². The molecule has 0 radical (unpaired) electrons. The van der Waals surface area contributed by atoms with Crippen molar-refractivity contribution in [2.45, 2.75) is 63.3 Å². The van der Waals surface area contributed by atoms with Gasteiger partial charge in [0.1, 0.15) is 0 Å². The molecule has 18 heavy (non-hydrogen) atoms. The fourth-order valence-corrected chi connectivity index (χ4v) is 4.47. The zero-order valence-electron chi connectivity index (χ0n) is 11.2. The lowest BCUT2D eigenvalue weighted by atomic mass is 9.80. The Kier molecular flexibility index (Phi) is 3.35. The number of aliphatic hydroxyl groups is 1. The number of hydrogen-bond acceptors (Lipinski definition) is 2. The van der Waals surface area contributed by atoms with E-state index in [2.05, 4.69) is 5.32 Å². The number of fused-ring (bicyclic) bond motifs is 2. The Morgan fingerprint density at radius 3 is 2.50 bits per heavy atom. The van der Waals surface area contributed by atoms with Crippen LogP contribution in [-0.2, 0) is 4.79 Å². The Morgan fingerprint density at radius 2 is 1.94 bits per heavy atom. The maximum Gasteiger partial charge on any atom is 0.223 e. The number of aliphatic hydroxyl groups excluding tert-OH is 1. The van der Waals surface area contributed by atoms with Crippen molar-refractivity contribution >= 4 is 5.91 Å². The summed E-state index contributed by atoms with van der Waals surface area (Å²) in [4.78, 5) is 12.4. The van der Waals surface area contributed by atoms with E-state index in [1.54, 1.807) is 0 Å². The van der Waals surface area contributed by atoms with Crippen LogP contribution in [0, 0.1) is 17.8 Å². The van der Waals surface area contributed by atoms with Crippen LogP contribution in [0.1, 0.15) is 57.8 Å².